The molecule has 7 nitrogen and oxygen atoms in total. The number of fused-ring (bicyclic) bond motifs is 1. The number of halogens is 1. The van der Waals surface area contributed by atoms with Gasteiger partial charge in [-0.05, 0) is 36.5 Å². The zero-order valence-electron chi connectivity index (χ0n) is 14.8. The van der Waals surface area contributed by atoms with Crippen molar-refractivity contribution in [1.82, 2.24) is 4.68 Å². The summed E-state index contributed by atoms with van der Waals surface area (Å²) in [5.74, 6) is -1.13. The smallest absolute Gasteiger partial charge is 0.357 e. The summed E-state index contributed by atoms with van der Waals surface area (Å²) >= 11 is 6.60. The number of thiazole rings is 1. The van der Waals surface area contributed by atoms with Crippen molar-refractivity contribution in [2.24, 2.45) is 4.99 Å². The van der Waals surface area contributed by atoms with Crippen LogP contribution in [-0.2, 0) is 14.3 Å². The number of hydrogen-bond acceptors (Lipinski definition) is 8. The van der Waals surface area contributed by atoms with E-state index in [4.69, 9.17) is 21.7 Å². The van der Waals surface area contributed by atoms with E-state index in [0.717, 1.165) is 0 Å². The van der Waals surface area contributed by atoms with Gasteiger partial charge >= 0.3 is 5.97 Å². The topological polar surface area (TPSA) is 76.3 Å². The summed E-state index contributed by atoms with van der Waals surface area (Å²) in [4.78, 5) is 16.9. The monoisotopic (exact) mass is 421 g/mol. The lowest BCUT2D eigenvalue weighted by Crippen LogP contribution is -2.43. The third-order valence-corrected chi connectivity index (χ3v) is 5.74. The third kappa shape index (κ3) is 3.23. The summed E-state index contributed by atoms with van der Waals surface area (Å²) in [5, 5.41) is 12.7. The summed E-state index contributed by atoms with van der Waals surface area (Å²) in [6, 6.07) is 4.07. The number of nitrogens with zero attached hydrogens (tertiary/aromatic N) is 3. The molecule has 1 aromatic carbocycles. The molecular weight excluding hydrogens is 405 g/mol. The lowest BCUT2D eigenvalue weighted by Gasteiger charge is -2.29. The van der Waals surface area contributed by atoms with Crippen molar-refractivity contribution in [1.29, 1.82) is 0 Å². The van der Waals surface area contributed by atoms with Crippen LogP contribution in [0.2, 0.25) is 0 Å². The summed E-state index contributed by atoms with van der Waals surface area (Å²) in [6.45, 7) is 2.27. The van der Waals surface area contributed by atoms with Crippen molar-refractivity contribution < 1.29 is 23.8 Å². The Balaban J connectivity index is 1.81. The summed E-state index contributed by atoms with van der Waals surface area (Å²) < 4.78 is 26.0. The zero-order chi connectivity index (χ0) is 19.8. The highest BCUT2D eigenvalue weighted by Crippen LogP contribution is 2.39. The summed E-state index contributed by atoms with van der Waals surface area (Å²) in [6.07, 6.45) is 1.59. The van der Waals surface area contributed by atoms with Crippen molar-refractivity contribution in [2.75, 3.05) is 38.4 Å². The second-order valence-corrected chi connectivity index (χ2v) is 7.78. The minimum absolute atomic E-state index is 0.0431. The van der Waals surface area contributed by atoms with Gasteiger partial charge < -0.3 is 19.6 Å². The molecule has 0 atom stereocenters. The van der Waals surface area contributed by atoms with Crippen LogP contribution >= 0.6 is 23.6 Å². The first-order chi connectivity index (χ1) is 13.5. The first-order valence-electron chi connectivity index (χ1n) is 8.46. The van der Waals surface area contributed by atoms with Crippen LogP contribution in [0.5, 0.6) is 5.88 Å². The Kier molecular flexibility index (Phi) is 5.00. The molecule has 146 valence electrons. The molecule has 1 N–H and O–H groups in total. The van der Waals surface area contributed by atoms with Crippen LogP contribution in [0.1, 0.15) is 10.4 Å². The van der Waals surface area contributed by atoms with Crippen molar-refractivity contribution in [2.45, 2.75) is 0 Å². The van der Waals surface area contributed by atoms with E-state index < -0.39 is 11.8 Å². The van der Waals surface area contributed by atoms with Gasteiger partial charge in [0.25, 0.3) is 0 Å². The number of carbonyl (C=O) groups is 1. The van der Waals surface area contributed by atoms with E-state index >= 15 is 0 Å². The van der Waals surface area contributed by atoms with Gasteiger partial charge in [0.15, 0.2) is 9.67 Å². The molecule has 1 aromatic heterocycles. The van der Waals surface area contributed by atoms with E-state index in [1.165, 1.54) is 36.6 Å². The van der Waals surface area contributed by atoms with Crippen molar-refractivity contribution in [3.8, 4) is 5.88 Å². The number of aromatic nitrogens is 1. The molecular formula is C18H16FN3O4S2. The molecule has 0 bridgehead atoms. The first kappa shape index (κ1) is 18.8. The highest BCUT2D eigenvalue weighted by Gasteiger charge is 2.29. The average Bonchev–Trinajstić information content (AvgIpc) is 3.19. The van der Waals surface area contributed by atoms with E-state index in [1.807, 2.05) is 5.01 Å². The van der Waals surface area contributed by atoms with Crippen LogP contribution in [0.25, 0.3) is 11.6 Å². The molecule has 0 amide bonds. The number of methoxy groups -OCH3 is 1. The van der Waals surface area contributed by atoms with Crippen molar-refractivity contribution in [3.63, 3.8) is 0 Å². The fraction of sp³-hybridized carbons (Fsp3) is 0.278. The van der Waals surface area contributed by atoms with Crippen LogP contribution in [-0.4, -0.2) is 54.9 Å². The van der Waals surface area contributed by atoms with E-state index in [-0.39, 0.29) is 11.6 Å². The molecule has 10 heteroatoms. The molecule has 3 heterocycles. The number of morpholine rings is 1. The number of ether oxygens (including phenoxy) is 2. The van der Waals surface area contributed by atoms with Gasteiger partial charge in [-0.3, -0.25) is 0 Å². The summed E-state index contributed by atoms with van der Waals surface area (Å²) in [5.41, 5.74) is 1.35. The van der Waals surface area contributed by atoms with Gasteiger partial charge in [0, 0.05) is 11.1 Å². The maximum absolute atomic E-state index is 13.8. The Morgan fingerprint density at radius 1 is 1.43 bits per heavy atom. The van der Waals surface area contributed by atoms with E-state index in [1.54, 1.807) is 10.8 Å². The molecule has 2 aromatic rings. The number of aliphatic imine (C=N–C) groups is 1. The number of esters is 1. The van der Waals surface area contributed by atoms with Gasteiger partial charge in [-0.25, -0.2) is 18.9 Å². The molecule has 2 aliphatic heterocycles. The van der Waals surface area contributed by atoms with Gasteiger partial charge in [0.2, 0.25) is 5.88 Å². The number of aromatic hydroxyl groups is 1. The number of hydrogen-bond donors (Lipinski definition) is 1. The lowest BCUT2D eigenvalue weighted by molar-refractivity contribution is -0.132. The lowest BCUT2D eigenvalue weighted by atomic mass is 10.0. The fourth-order valence-corrected chi connectivity index (χ4v) is 4.43. The first-order valence-corrected chi connectivity index (χ1v) is 9.69. The highest BCUT2D eigenvalue weighted by atomic mass is 32.1. The van der Waals surface area contributed by atoms with Crippen LogP contribution in [0.3, 0.4) is 0 Å². The molecule has 0 aliphatic carbocycles. The Bertz CT molecular complexity index is 1070. The maximum atomic E-state index is 13.8. The second kappa shape index (κ2) is 7.46. The molecule has 0 spiro atoms. The SMILES string of the molecule is COC(=O)C1=Nc2ccc(F)cc2C1=Cc1sc(=S)n(N2CCOCC2)c1O. The Morgan fingerprint density at radius 2 is 2.18 bits per heavy atom. The maximum Gasteiger partial charge on any atom is 0.357 e. The Morgan fingerprint density at radius 3 is 2.89 bits per heavy atom. The molecule has 0 radical (unpaired) electrons. The second-order valence-electron chi connectivity index (χ2n) is 6.11. The number of carbonyl (C=O) groups excluding carboxylic acids is 1. The standard InChI is InChI=1S/C18H16FN3O4S2/c1-25-17(24)15-12(11-8-10(19)2-3-13(11)20-15)9-14-16(23)22(18(27)28-14)21-4-6-26-7-5-21/h2-3,8-9,23H,4-7H2,1H3. The molecule has 4 rings (SSSR count). The van der Waals surface area contributed by atoms with Crippen LogP contribution in [0, 0.1) is 9.77 Å². The molecule has 1 fully saturated rings. The quantitative estimate of drug-likeness (QED) is 0.607. The van der Waals surface area contributed by atoms with E-state index in [2.05, 4.69) is 4.99 Å². The zero-order valence-corrected chi connectivity index (χ0v) is 16.5. The van der Waals surface area contributed by atoms with Crippen LogP contribution in [0.4, 0.5) is 10.1 Å². The molecule has 0 saturated carbocycles. The predicted octanol–water partition coefficient (Wildman–Crippen LogP) is 2.89. The van der Waals surface area contributed by atoms with Gasteiger partial charge in [-0.2, -0.15) is 0 Å². The minimum Gasteiger partial charge on any atom is -0.492 e. The molecule has 1 saturated heterocycles. The Hall–Kier alpha value is -2.56. The van der Waals surface area contributed by atoms with Crippen LogP contribution in [0.15, 0.2) is 23.2 Å². The predicted molar refractivity (Wildman–Crippen MR) is 107 cm³/mol. The van der Waals surface area contributed by atoms with Crippen molar-refractivity contribution in [3.05, 3.63) is 38.4 Å². The Labute approximate surface area is 168 Å². The minimum atomic E-state index is -0.640. The van der Waals surface area contributed by atoms with Gasteiger partial charge in [-0.15, -0.1) is 0 Å². The molecule has 0 unspecified atom stereocenters. The largest absolute Gasteiger partial charge is 0.492 e. The van der Waals surface area contributed by atoms with E-state index in [0.29, 0.717) is 52.0 Å². The van der Waals surface area contributed by atoms with Gasteiger partial charge in [0.05, 0.1) is 44.0 Å². The van der Waals surface area contributed by atoms with Crippen molar-refractivity contribution >= 4 is 52.6 Å². The highest BCUT2D eigenvalue weighted by molar-refractivity contribution is 7.73. The average molecular weight is 421 g/mol. The third-order valence-electron chi connectivity index (χ3n) is 4.45. The number of rotatable bonds is 3. The summed E-state index contributed by atoms with van der Waals surface area (Å²) in [7, 11) is 1.25. The van der Waals surface area contributed by atoms with Gasteiger partial charge in [0.1, 0.15) is 5.82 Å². The molecule has 2 aliphatic rings. The normalized spacial score (nSPS) is 17.6. The van der Waals surface area contributed by atoms with E-state index in [9.17, 15) is 14.3 Å². The van der Waals surface area contributed by atoms with Gasteiger partial charge in [-0.1, -0.05) is 11.3 Å². The fourth-order valence-electron chi connectivity index (χ4n) is 3.13. The van der Waals surface area contributed by atoms with Crippen LogP contribution < -0.4 is 5.01 Å². The number of benzene rings is 1. The molecule has 28 heavy (non-hydrogen) atoms.